The van der Waals surface area contributed by atoms with Gasteiger partial charge in [-0.1, -0.05) is 28.4 Å². The number of halogens is 2. The fraction of sp³-hybridized carbons (Fsp3) is 0.357. The van der Waals surface area contributed by atoms with E-state index in [1.165, 1.54) is 0 Å². The fourth-order valence-electron chi connectivity index (χ4n) is 2.15. The molecule has 2 N–H and O–H groups in total. The number of nitrogens with zero attached hydrogens (tertiary/aromatic N) is 2. The first kappa shape index (κ1) is 16.0. The molecular formula is C14H14Cl2N4O3. The second-order valence-corrected chi connectivity index (χ2v) is 5.80. The Morgan fingerprint density at radius 3 is 2.96 bits per heavy atom. The molecule has 1 aromatic heterocycles. The van der Waals surface area contributed by atoms with Crippen LogP contribution in [-0.2, 0) is 11.3 Å². The van der Waals surface area contributed by atoms with Crippen LogP contribution in [0, 0.1) is 0 Å². The van der Waals surface area contributed by atoms with Crippen molar-refractivity contribution in [3.63, 3.8) is 0 Å². The molecule has 2 aromatic rings. The van der Waals surface area contributed by atoms with Crippen molar-refractivity contribution in [2.45, 2.75) is 25.5 Å². The largest absolute Gasteiger partial charge is 0.368 e. The van der Waals surface area contributed by atoms with E-state index in [1.807, 2.05) is 0 Å². The molecule has 0 radical (unpaired) electrons. The minimum Gasteiger partial charge on any atom is -0.368 e. The van der Waals surface area contributed by atoms with Gasteiger partial charge in [0, 0.05) is 12.3 Å². The molecule has 23 heavy (non-hydrogen) atoms. The van der Waals surface area contributed by atoms with Gasteiger partial charge in [0.05, 0.1) is 16.6 Å². The highest BCUT2D eigenvalue weighted by Crippen LogP contribution is 2.27. The average molecular weight is 357 g/mol. The average Bonchev–Trinajstić information content (AvgIpc) is 3.19. The van der Waals surface area contributed by atoms with E-state index in [1.54, 1.807) is 18.2 Å². The monoisotopic (exact) mass is 356 g/mol. The molecule has 1 atom stereocenters. The first-order valence-corrected chi connectivity index (χ1v) is 7.81. The third-order valence-corrected chi connectivity index (χ3v) is 4.01. The van der Waals surface area contributed by atoms with Crippen molar-refractivity contribution in [3.8, 4) is 0 Å². The number of amides is 2. The van der Waals surface area contributed by atoms with Crippen molar-refractivity contribution < 1.29 is 14.1 Å². The fourth-order valence-corrected chi connectivity index (χ4v) is 2.45. The highest BCUT2D eigenvalue weighted by molar-refractivity contribution is 6.42. The third kappa shape index (κ3) is 4.13. The molecule has 0 saturated carbocycles. The highest BCUT2D eigenvalue weighted by Gasteiger charge is 2.23. The molecule has 2 heterocycles. The van der Waals surface area contributed by atoms with Crippen molar-refractivity contribution in [1.82, 2.24) is 15.5 Å². The zero-order valence-electron chi connectivity index (χ0n) is 12.0. The summed E-state index contributed by atoms with van der Waals surface area (Å²) in [6, 6.07) is 4.41. The number of anilines is 1. The summed E-state index contributed by atoms with van der Waals surface area (Å²) in [6.45, 7) is 0.843. The van der Waals surface area contributed by atoms with Crippen LogP contribution < -0.4 is 10.6 Å². The first-order valence-electron chi connectivity index (χ1n) is 7.06. The Morgan fingerprint density at radius 1 is 1.35 bits per heavy atom. The molecule has 1 aliphatic rings. The van der Waals surface area contributed by atoms with E-state index in [-0.39, 0.29) is 12.6 Å². The minimum atomic E-state index is -0.410. The summed E-state index contributed by atoms with van der Waals surface area (Å²) in [5.41, 5.74) is 0.532. The van der Waals surface area contributed by atoms with E-state index >= 15 is 0 Å². The van der Waals surface area contributed by atoms with E-state index in [4.69, 9.17) is 32.5 Å². The molecule has 7 nitrogen and oxygen atoms in total. The van der Waals surface area contributed by atoms with Gasteiger partial charge in [-0.2, -0.15) is 4.98 Å². The van der Waals surface area contributed by atoms with Gasteiger partial charge in [0.1, 0.15) is 6.10 Å². The Labute approximate surface area is 142 Å². The maximum absolute atomic E-state index is 11.8. The van der Waals surface area contributed by atoms with Crippen molar-refractivity contribution in [2.24, 2.45) is 0 Å². The van der Waals surface area contributed by atoms with Gasteiger partial charge >= 0.3 is 6.03 Å². The Hall–Kier alpha value is -1.83. The van der Waals surface area contributed by atoms with Crippen molar-refractivity contribution in [2.75, 3.05) is 11.9 Å². The molecule has 1 aromatic carbocycles. The van der Waals surface area contributed by atoms with E-state index < -0.39 is 6.03 Å². The quantitative estimate of drug-likeness (QED) is 0.874. The zero-order chi connectivity index (χ0) is 16.2. The molecule has 9 heteroatoms. The van der Waals surface area contributed by atoms with Gasteiger partial charge in [-0.3, -0.25) is 0 Å². The normalized spacial score (nSPS) is 17.2. The Bertz CT molecular complexity index is 701. The summed E-state index contributed by atoms with van der Waals surface area (Å²) in [7, 11) is 0. The van der Waals surface area contributed by atoms with Crippen LogP contribution in [0.4, 0.5) is 10.5 Å². The molecule has 1 fully saturated rings. The van der Waals surface area contributed by atoms with Crippen molar-refractivity contribution in [1.29, 1.82) is 0 Å². The molecule has 0 spiro atoms. The van der Waals surface area contributed by atoms with Crippen LogP contribution in [0.25, 0.3) is 0 Å². The molecule has 1 saturated heterocycles. The van der Waals surface area contributed by atoms with Crippen LogP contribution >= 0.6 is 23.2 Å². The van der Waals surface area contributed by atoms with Crippen LogP contribution in [0.1, 0.15) is 30.7 Å². The summed E-state index contributed by atoms with van der Waals surface area (Å²) >= 11 is 11.7. The number of rotatable bonds is 4. The maximum atomic E-state index is 11.8. The van der Waals surface area contributed by atoms with Gasteiger partial charge in [0.25, 0.3) is 5.89 Å². The first-order chi connectivity index (χ1) is 11.1. The molecule has 2 amide bonds. The lowest BCUT2D eigenvalue weighted by Crippen LogP contribution is -2.28. The standard InChI is InChI=1S/C14H14Cl2N4O3/c15-9-4-3-8(6-10(9)16)18-14(21)17-7-12-19-13(23-20-12)11-2-1-5-22-11/h3-4,6,11H,1-2,5,7H2,(H2,17,18,21)/t11-/m1/s1. The number of benzene rings is 1. The lowest BCUT2D eigenvalue weighted by molar-refractivity contribution is 0.0835. The predicted molar refractivity (Wildman–Crippen MR) is 84.5 cm³/mol. The third-order valence-electron chi connectivity index (χ3n) is 3.27. The molecular weight excluding hydrogens is 343 g/mol. The van der Waals surface area contributed by atoms with E-state index in [0.29, 0.717) is 34.1 Å². The Morgan fingerprint density at radius 2 is 2.22 bits per heavy atom. The number of nitrogens with one attached hydrogen (secondary N) is 2. The molecule has 3 rings (SSSR count). The molecule has 1 aliphatic heterocycles. The number of hydrogen-bond donors (Lipinski definition) is 2. The van der Waals surface area contributed by atoms with Gasteiger partial charge < -0.3 is 19.9 Å². The van der Waals surface area contributed by atoms with Gasteiger partial charge in [-0.15, -0.1) is 0 Å². The Kier molecular flexibility index (Phi) is 5.00. The second kappa shape index (κ2) is 7.16. The second-order valence-electron chi connectivity index (χ2n) is 4.99. The SMILES string of the molecule is O=C(NCc1noc([C@H]2CCCO2)n1)Nc1ccc(Cl)c(Cl)c1. The van der Waals surface area contributed by atoms with E-state index in [0.717, 1.165) is 12.8 Å². The number of aromatic nitrogens is 2. The zero-order valence-corrected chi connectivity index (χ0v) is 13.5. The lowest BCUT2D eigenvalue weighted by atomic mass is 10.2. The minimum absolute atomic E-state index is 0.138. The molecule has 0 bridgehead atoms. The number of hydrogen-bond acceptors (Lipinski definition) is 5. The van der Waals surface area contributed by atoms with Gasteiger partial charge in [0.2, 0.25) is 0 Å². The maximum Gasteiger partial charge on any atom is 0.319 e. The van der Waals surface area contributed by atoms with Crippen LogP contribution in [0.15, 0.2) is 22.7 Å². The summed E-state index contributed by atoms with van der Waals surface area (Å²) in [6.07, 6.45) is 1.71. The Balaban J connectivity index is 1.51. The van der Waals surface area contributed by atoms with Crippen molar-refractivity contribution in [3.05, 3.63) is 40.0 Å². The topological polar surface area (TPSA) is 89.3 Å². The number of urea groups is 1. The number of ether oxygens (including phenoxy) is 1. The van der Waals surface area contributed by atoms with E-state index in [9.17, 15) is 4.79 Å². The van der Waals surface area contributed by atoms with Crippen LogP contribution in [0.5, 0.6) is 0 Å². The van der Waals surface area contributed by atoms with Crippen LogP contribution in [0.3, 0.4) is 0 Å². The lowest BCUT2D eigenvalue weighted by Gasteiger charge is -2.06. The molecule has 0 unspecified atom stereocenters. The smallest absolute Gasteiger partial charge is 0.319 e. The molecule has 122 valence electrons. The summed E-state index contributed by atoms with van der Waals surface area (Å²) in [4.78, 5) is 16.0. The van der Waals surface area contributed by atoms with Gasteiger partial charge in [-0.05, 0) is 31.0 Å². The summed E-state index contributed by atoms with van der Waals surface area (Å²) in [5.74, 6) is 0.837. The van der Waals surface area contributed by atoms with Crippen LogP contribution in [0.2, 0.25) is 10.0 Å². The van der Waals surface area contributed by atoms with Gasteiger partial charge in [-0.25, -0.2) is 4.79 Å². The number of carbonyl (C=O) groups is 1. The summed E-state index contributed by atoms with van der Waals surface area (Å²) in [5, 5.41) is 9.88. The predicted octanol–water partition coefficient (Wildman–Crippen LogP) is 3.55. The summed E-state index contributed by atoms with van der Waals surface area (Å²) < 4.78 is 10.6. The number of carbonyl (C=O) groups excluding carboxylic acids is 1. The van der Waals surface area contributed by atoms with Crippen molar-refractivity contribution >= 4 is 34.9 Å². The van der Waals surface area contributed by atoms with Gasteiger partial charge in [0.15, 0.2) is 5.82 Å². The highest BCUT2D eigenvalue weighted by atomic mass is 35.5. The van der Waals surface area contributed by atoms with Crippen LogP contribution in [-0.4, -0.2) is 22.8 Å². The van der Waals surface area contributed by atoms with E-state index in [2.05, 4.69) is 20.8 Å². The molecule has 0 aliphatic carbocycles.